The van der Waals surface area contributed by atoms with Crippen molar-refractivity contribution >= 4 is 22.6 Å². The van der Waals surface area contributed by atoms with E-state index < -0.39 is 0 Å². The first-order valence-electron chi connectivity index (χ1n) is 4.13. The Bertz CT molecular complexity index is 284. The second-order valence-corrected chi connectivity index (χ2v) is 4.21. The molecule has 0 fully saturated rings. The molecule has 0 aliphatic carbocycles. The van der Waals surface area contributed by atoms with Crippen LogP contribution in [0.15, 0.2) is 17.5 Å². The lowest BCUT2D eigenvalue weighted by atomic mass is 10.1. The molecule has 1 rings (SSSR count). The molecule has 1 heterocycles. The molecule has 1 nitrogen and oxygen atoms in total. The van der Waals surface area contributed by atoms with E-state index in [0.29, 0.717) is 5.92 Å². The van der Waals surface area contributed by atoms with Crippen LogP contribution in [-0.2, 0) is 0 Å². The fourth-order valence-electron chi connectivity index (χ4n) is 1.22. The Morgan fingerprint density at radius 2 is 2.25 bits per heavy atom. The van der Waals surface area contributed by atoms with E-state index in [1.54, 1.807) is 11.3 Å². The Morgan fingerprint density at radius 1 is 1.58 bits per heavy atom. The zero-order valence-electron chi connectivity index (χ0n) is 7.79. The molecule has 0 aliphatic rings. The normalized spacial score (nSPS) is 12.5. The van der Waals surface area contributed by atoms with Crippen molar-refractivity contribution in [3.8, 4) is 0 Å². The van der Waals surface area contributed by atoms with Gasteiger partial charge in [-0.25, -0.2) is 0 Å². The van der Waals surface area contributed by atoms with Crippen LogP contribution in [0, 0.1) is 5.92 Å². The molecule has 1 aromatic heterocycles. The van der Waals surface area contributed by atoms with Crippen LogP contribution in [0.2, 0.25) is 0 Å². The third-order valence-electron chi connectivity index (χ3n) is 1.64. The summed E-state index contributed by atoms with van der Waals surface area (Å²) in [5.41, 5.74) is 7.97. The number of hydrogen-bond donors (Lipinski definition) is 1. The van der Waals surface area contributed by atoms with E-state index in [2.05, 4.69) is 26.8 Å². The highest BCUT2D eigenvalue weighted by molar-refractivity contribution is 7.11. The lowest BCUT2D eigenvalue weighted by Crippen LogP contribution is -1.87. The smallest absolute Gasteiger partial charge is 0.0525 e. The maximum absolute atomic E-state index is 5.79. The Labute approximate surface area is 77.9 Å². The quantitative estimate of drug-likeness (QED) is 0.743. The van der Waals surface area contributed by atoms with Crippen LogP contribution in [0.4, 0.5) is 5.69 Å². The van der Waals surface area contributed by atoms with E-state index in [1.807, 2.05) is 11.4 Å². The van der Waals surface area contributed by atoms with Gasteiger partial charge in [-0.05, 0) is 29.9 Å². The van der Waals surface area contributed by atoms with Gasteiger partial charge in [-0.3, -0.25) is 0 Å². The summed E-state index contributed by atoms with van der Waals surface area (Å²) >= 11 is 1.71. The predicted octanol–water partition coefficient (Wildman–Crippen LogP) is 3.39. The van der Waals surface area contributed by atoms with Crippen molar-refractivity contribution in [1.29, 1.82) is 0 Å². The number of nitrogen functional groups attached to an aromatic ring is 1. The highest BCUT2D eigenvalue weighted by atomic mass is 32.1. The average molecular weight is 181 g/mol. The molecule has 2 N–H and O–H groups in total. The van der Waals surface area contributed by atoms with Gasteiger partial charge in [0.05, 0.1) is 4.88 Å². The first-order valence-corrected chi connectivity index (χ1v) is 5.01. The maximum atomic E-state index is 5.79. The first kappa shape index (κ1) is 9.33. The van der Waals surface area contributed by atoms with Crippen LogP contribution in [0.1, 0.15) is 25.6 Å². The second-order valence-electron chi connectivity index (χ2n) is 3.30. The highest BCUT2D eigenvalue weighted by Crippen LogP contribution is 2.27. The molecule has 0 amide bonds. The molecule has 0 unspecified atom stereocenters. The Kier molecular flexibility index (Phi) is 2.93. The molecule has 0 aromatic carbocycles. The van der Waals surface area contributed by atoms with Gasteiger partial charge in [0.2, 0.25) is 0 Å². The lowest BCUT2D eigenvalue weighted by Gasteiger charge is -2.01. The molecule has 0 aliphatic heterocycles. The van der Waals surface area contributed by atoms with E-state index in [-0.39, 0.29) is 0 Å². The van der Waals surface area contributed by atoms with Gasteiger partial charge in [0.1, 0.15) is 0 Å². The fraction of sp³-hybridized carbons (Fsp3) is 0.400. The summed E-state index contributed by atoms with van der Waals surface area (Å²) in [4.78, 5) is 1.21. The van der Waals surface area contributed by atoms with E-state index >= 15 is 0 Å². The minimum absolute atomic E-state index is 0.589. The number of allylic oxidation sites excluding steroid dienone is 2. The van der Waals surface area contributed by atoms with E-state index in [4.69, 9.17) is 5.73 Å². The van der Waals surface area contributed by atoms with Gasteiger partial charge in [-0.15, -0.1) is 11.3 Å². The highest BCUT2D eigenvalue weighted by Gasteiger charge is 2.02. The molecule has 0 spiro atoms. The largest absolute Gasteiger partial charge is 0.398 e. The number of hydrogen-bond acceptors (Lipinski definition) is 2. The summed E-state index contributed by atoms with van der Waals surface area (Å²) in [6.45, 7) is 6.46. The fourth-order valence-corrected chi connectivity index (χ4v) is 2.02. The number of nitrogens with two attached hydrogens (primary N) is 1. The van der Waals surface area contributed by atoms with Crippen LogP contribution >= 0.6 is 11.3 Å². The molecule has 66 valence electrons. The Balaban J connectivity index is 2.92. The zero-order valence-corrected chi connectivity index (χ0v) is 8.61. The lowest BCUT2D eigenvalue weighted by molar-refractivity contribution is 0.833. The van der Waals surface area contributed by atoms with Gasteiger partial charge >= 0.3 is 0 Å². The van der Waals surface area contributed by atoms with Crippen molar-refractivity contribution < 1.29 is 0 Å². The summed E-state index contributed by atoms with van der Waals surface area (Å²) in [7, 11) is 0. The van der Waals surface area contributed by atoms with Gasteiger partial charge in [0.25, 0.3) is 0 Å². The molecule has 0 atom stereocenters. The maximum Gasteiger partial charge on any atom is 0.0525 e. The second kappa shape index (κ2) is 3.76. The summed E-state index contributed by atoms with van der Waals surface area (Å²) in [6.07, 6.45) is 2.24. The molecule has 0 bridgehead atoms. The topological polar surface area (TPSA) is 26.0 Å². The molecular formula is C10H15NS. The van der Waals surface area contributed by atoms with E-state index in [0.717, 1.165) is 5.69 Å². The standard InChI is InChI=1S/C10H15NS/c1-7(2)6-8(3)10-9(11)4-5-12-10/h4-7H,11H2,1-3H3/b8-6+. The van der Waals surface area contributed by atoms with Crippen molar-refractivity contribution in [2.45, 2.75) is 20.8 Å². The van der Waals surface area contributed by atoms with Gasteiger partial charge in [-0.1, -0.05) is 19.9 Å². The SMILES string of the molecule is C/C(=C\C(C)C)c1sccc1N. The minimum atomic E-state index is 0.589. The van der Waals surface area contributed by atoms with Crippen molar-refractivity contribution in [2.24, 2.45) is 5.92 Å². The van der Waals surface area contributed by atoms with Gasteiger partial charge in [-0.2, -0.15) is 0 Å². The number of thiophene rings is 1. The summed E-state index contributed by atoms with van der Waals surface area (Å²) in [5, 5.41) is 2.03. The van der Waals surface area contributed by atoms with Crippen LogP contribution in [-0.4, -0.2) is 0 Å². The van der Waals surface area contributed by atoms with Crippen molar-refractivity contribution in [3.63, 3.8) is 0 Å². The number of anilines is 1. The molecule has 0 saturated heterocycles. The summed E-state index contributed by atoms with van der Waals surface area (Å²) < 4.78 is 0. The Morgan fingerprint density at radius 3 is 2.67 bits per heavy atom. The van der Waals surface area contributed by atoms with E-state index in [9.17, 15) is 0 Å². The van der Waals surface area contributed by atoms with Crippen molar-refractivity contribution in [2.75, 3.05) is 5.73 Å². The third kappa shape index (κ3) is 2.11. The van der Waals surface area contributed by atoms with Crippen LogP contribution in [0.3, 0.4) is 0 Å². The van der Waals surface area contributed by atoms with Gasteiger partial charge in [0, 0.05) is 5.69 Å². The molecule has 2 heteroatoms. The van der Waals surface area contributed by atoms with Crippen LogP contribution in [0.5, 0.6) is 0 Å². The van der Waals surface area contributed by atoms with Crippen molar-refractivity contribution in [3.05, 3.63) is 22.4 Å². The Hall–Kier alpha value is -0.760. The van der Waals surface area contributed by atoms with Crippen LogP contribution in [0.25, 0.3) is 5.57 Å². The first-order chi connectivity index (χ1) is 5.61. The van der Waals surface area contributed by atoms with Crippen LogP contribution < -0.4 is 5.73 Å². The molecule has 0 saturated carbocycles. The average Bonchev–Trinajstić information content (AvgIpc) is 2.33. The van der Waals surface area contributed by atoms with E-state index in [1.165, 1.54) is 10.5 Å². The number of rotatable bonds is 2. The summed E-state index contributed by atoms with van der Waals surface area (Å²) in [6, 6.07) is 1.96. The predicted molar refractivity (Wildman–Crippen MR) is 57.2 cm³/mol. The molecule has 12 heavy (non-hydrogen) atoms. The van der Waals surface area contributed by atoms with Crippen molar-refractivity contribution in [1.82, 2.24) is 0 Å². The monoisotopic (exact) mass is 181 g/mol. The van der Waals surface area contributed by atoms with Gasteiger partial charge in [0.15, 0.2) is 0 Å². The minimum Gasteiger partial charge on any atom is -0.398 e. The molecular weight excluding hydrogens is 166 g/mol. The molecule has 1 aromatic rings. The zero-order chi connectivity index (χ0) is 9.14. The summed E-state index contributed by atoms with van der Waals surface area (Å²) in [5.74, 6) is 0.589. The molecule has 0 radical (unpaired) electrons. The van der Waals surface area contributed by atoms with Gasteiger partial charge < -0.3 is 5.73 Å². The third-order valence-corrected chi connectivity index (χ3v) is 2.70.